The van der Waals surface area contributed by atoms with Crippen LogP contribution in [0.3, 0.4) is 0 Å². The molecule has 150 valence electrons. The first-order valence-electron chi connectivity index (χ1n) is 9.35. The lowest BCUT2D eigenvalue weighted by atomic mass is 10.1. The fourth-order valence-electron chi connectivity index (χ4n) is 3.83. The molecule has 2 heterocycles. The Morgan fingerprint density at radius 2 is 1.90 bits per heavy atom. The Morgan fingerprint density at radius 1 is 1.17 bits per heavy atom. The van der Waals surface area contributed by atoms with Gasteiger partial charge in [0.25, 0.3) is 11.8 Å². The Bertz CT molecular complexity index is 990. The maximum Gasteiger partial charge on any atom is 0.256 e. The summed E-state index contributed by atoms with van der Waals surface area (Å²) in [6, 6.07) is 10.8. The van der Waals surface area contributed by atoms with Crippen molar-refractivity contribution < 1.29 is 14.4 Å². The molecule has 2 aromatic carbocycles. The predicted octanol–water partition coefficient (Wildman–Crippen LogP) is 2.37. The van der Waals surface area contributed by atoms with Crippen molar-refractivity contribution in [2.45, 2.75) is 18.5 Å². The number of hydrogen-bond donors (Lipinski definition) is 2. The van der Waals surface area contributed by atoms with Crippen LogP contribution in [0.5, 0.6) is 0 Å². The molecule has 2 atom stereocenters. The maximum atomic E-state index is 13.0. The van der Waals surface area contributed by atoms with Crippen LogP contribution in [0, 0.1) is 0 Å². The van der Waals surface area contributed by atoms with Crippen molar-refractivity contribution >= 4 is 40.7 Å². The predicted molar refractivity (Wildman–Crippen MR) is 112 cm³/mol. The van der Waals surface area contributed by atoms with Gasteiger partial charge in [0.15, 0.2) is 0 Å². The Labute approximate surface area is 173 Å². The monoisotopic (exact) mass is 412 g/mol. The van der Waals surface area contributed by atoms with E-state index in [1.807, 2.05) is 31.1 Å². The number of carbonyl (C=O) groups is 3. The smallest absolute Gasteiger partial charge is 0.256 e. The van der Waals surface area contributed by atoms with Gasteiger partial charge in [-0.1, -0.05) is 11.6 Å². The zero-order valence-corrected chi connectivity index (χ0v) is 16.9. The Kier molecular flexibility index (Phi) is 4.92. The van der Waals surface area contributed by atoms with Crippen LogP contribution >= 0.6 is 11.6 Å². The molecule has 0 aliphatic carbocycles. The molecular weight excluding hydrogens is 392 g/mol. The van der Waals surface area contributed by atoms with Crippen LogP contribution in [0.1, 0.15) is 27.1 Å². The summed E-state index contributed by atoms with van der Waals surface area (Å²) in [5.41, 5.74) is 2.28. The summed E-state index contributed by atoms with van der Waals surface area (Å²) in [7, 11) is 3.85. The summed E-state index contributed by atoms with van der Waals surface area (Å²) in [4.78, 5) is 42.0. The zero-order valence-electron chi connectivity index (χ0n) is 16.1. The van der Waals surface area contributed by atoms with E-state index >= 15 is 0 Å². The average Bonchev–Trinajstić information content (AvgIpc) is 3.07. The van der Waals surface area contributed by atoms with Crippen LogP contribution in [0.4, 0.5) is 11.4 Å². The summed E-state index contributed by atoms with van der Waals surface area (Å²) in [5.74, 6) is -0.843. The van der Waals surface area contributed by atoms with E-state index in [0.29, 0.717) is 34.8 Å². The van der Waals surface area contributed by atoms with Gasteiger partial charge in [-0.25, -0.2) is 0 Å². The maximum absolute atomic E-state index is 13.0. The van der Waals surface area contributed by atoms with Gasteiger partial charge in [0.2, 0.25) is 5.91 Å². The number of amides is 3. The summed E-state index contributed by atoms with van der Waals surface area (Å²) in [6.07, 6.45) is 0.508. The number of nitrogens with one attached hydrogen (secondary N) is 2. The largest absolute Gasteiger partial charge is 0.378 e. The molecule has 0 aromatic heterocycles. The average molecular weight is 413 g/mol. The molecule has 8 heteroatoms. The number of anilines is 2. The molecule has 3 amide bonds. The van der Waals surface area contributed by atoms with Gasteiger partial charge in [0.1, 0.15) is 6.04 Å². The Balaban J connectivity index is 1.55. The first-order chi connectivity index (χ1) is 13.8. The molecule has 0 unspecified atom stereocenters. The summed E-state index contributed by atoms with van der Waals surface area (Å²) >= 11 is 6.01. The van der Waals surface area contributed by atoms with Crippen molar-refractivity contribution in [3.8, 4) is 0 Å². The van der Waals surface area contributed by atoms with Crippen LogP contribution in [0.15, 0.2) is 42.5 Å². The lowest BCUT2D eigenvalue weighted by Gasteiger charge is -2.25. The zero-order chi connectivity index (χ0) is 20.7. The highest BCUT2D eigenvalue weighted by atomic mass is 35.5. The molecule has 0 spiro atoms. The van der Waals surface area contributed by atoms with E-state index in [4.69, 9.17) is 11.6 Å². The third-order valence-corrected chi connectivity index (χ3v) is 5.59. The van der Waals surface area contributed by atoms with Crippen molar-refractivity contribution in [3.63, 3.8) is 0 Å². The van der Waals surface area contributed by atoms with Crippen molar-refractivity contribution in [1.82, 2.24) is 10.2 Å². The quantitative estimate of drug-likeness (QED) is 0.810. The number of benzene rings is 2. The number of fused-ring (bicyclic) bond motifs is 2. The van der Waals surface area contributed by atoms with Gasteiger partial charge in [-0.15, -0.1) is 0 Å². The minimum Gasteiger partial charge on any atom is -0.378 e. The molecule has 1 saturated heterocycles. The van der Waals surface area contributed by atoms with Crippen LogP contribution in [-0.2, 0) is 4.79 Å². The summed E-state index contributed by atoms with van der Waals surface area (Å²) in [5, 5.41) is 6.15. The topological polar surface area (TPSA) is 81.8 Å². The van der Waals surface area contributed by atoms with Crippen molar-refractivity contribution in [2.75, 3.05) is 30.9 Å². The van der Waals surface area contributed by atoms with E-state index < -0.39 is 12.1 Å². The van der Waals surface area contributed by atoms with Gasteiger partial charge in [-0.3, -0.25) is 14.4 Å². The van der Waals surface area contributed by atoms with E-state index in [1.54, 1.807) is 30.3 Å². The molecule has 0 radical (unpaired) electrons. The fraction of sp³-hybridized carbons (Fsp3) is 0.286. The second kappa shape index (κ2) is 7.40. The van der Waals surface area contributed by atoms with Crippen molar-refractivity contribution in [1.29, 1.82) is 0 Å². The highest BCUT2D eigenvalue weighted by Gasteiger charge is 2.45. The van der Waals surface area contributed by atoms with Crippen LogP contribution in [-0.4, -0.2) is 55.3 Å². The van der Waals surface area contributed by atoms with E-state index in [1.165, 1.54) is 4.90 Å². The number of hydrogen-bond acceptors (Lipinski definition) is 4. The molecule has 0 bridgehead atoms. The van der Waals surface area contributed by atoms with E-state index in [2.05, 4.69) is 10.6 Å². The molecule has 2 N–H and O–H groups in total. The van der Waals surface area contributed by atoms with Crippen molar-refractivity contribution in [2.24, 2.45) is 0 Å². The Hall–Kier alpha value is -3.06. The van der Waals surface area contributed by atoms with E-state index in [9.17, 15) is 14.4 Å². The third-order valence-electron chi connectivity index (χ3n) is 5.36. The molecule has 29 heavy (non-hydrogen) atoms. The van der Waals surface area contributed by atoms with Crippen molar-refractivity contribution in [3.05, 3.63) is 58.6 Å². The van der Waals surface area contributed by atoms with Gasteiger partial charge in [-0.05, 0) is 48.9 Å². The SMILES string of the molecule is CN(C)c1ccc(C(=O)N[C@H]2CCN3C(=O)c4ccc(Cl)cc4NC(=O)[C@H]23)cc1. The first kappa shape index (κ1) is 19.3. The highest BCUT2D eigenvalue weighted by molar-refractivity contribution is 6.31. The molecule has 0 saturated carbocycles. The van der Waals surface area contributed by atoms with Gasteiger partial charge in [-0.2, -0.15) is 0 Å². The Morgan fingerprint density at radius 3 is 2.59 bits per heavy atom. The fourth-order valence-corrected chi connectivity index (χ4v) is 4.00. The molecule has 7 nitrogen and oxygen atoms in total. The van der Waals surface area contributed by atoms with Crippen LogP contribution in [0.2, 0.25) is 5.02 Å². The normalized spacial score (nSPS) is 20.4. The highest BCUT2D eigenvalue weighted by Crippen LogP contribution is 2.31. The second-order valence-corrected chi connectivity index (χ2v) is 7.87. The molecule has 4 rings (SSSR count). The lowest BCUT2D eigenvalue weighted by molar-refractivity contribution is -0.120. The van der Waals surface area contributed by atoms with E-state index in [-0.39, 0.29) is 17.7 Å². The summed E-state index contributed by atoms with van der Waals surface area (Å²) in [6.45, 7) is 0.392. The number of halogens is 1. The summed E-state index contributed by atoms with van der Waals surface area (Å²) < 4.78 is 0. The number of rotatable bonds is 3. The third kappa shape index (κ3) is 3.53. The van der Waals surface area contributed by atoms with E-state index in [0.717, 1.165) is 5.69 Å². The van der Waals surface area contributed by atoms with Gasteiger partial charge in [0, 0.05) is 36.9 Å². The number of nitrogens with zero attached hydrogens (tertiary/aromatic N) is 2. The molecule has 2 aromatic rings. The standard InChI is InChI=1S/C21H21ClN4O3/c1-25(2)14-6-3-12(4-7-14)19(27)23-16-9-10-26-18(16)20(28)24-17-11-13(22)5-8-15(17)21(26)29/h3-8,11,16,18H,9-10H2,1-2H3,(H,23,27)(H,24,28)/t16-,18-/m0/s1. The lowest BCUT2D eigenvalue weighted by Crippen LogP contribution is -2.51. The first-order valence-corrected chi connectivity index (χ1v) is 9.72. The van der Waals surface area contributed by atoms with Gasteiger partial charge < -0.3 is 20.4 Å². The van der Waals surface area contributed by atoms with Gasteiger partial charge >= 0.3 is 0 Å². The molecule has 2 aliphatic rings. The minimum absolute atomic E-state index is 0.243. The van der Waals surface area contributed by atoms with Crippen LogP contribution in [0.25, 0.3) is 0 Å². The number of carbonyl (C=O) groups excluding carboxylic acids is 3. The molecule has 2 aliphatic heterocycles. The second-order valence-electron chi connectivity index (χ2n) is 7.43. The molecule has 1 fully saturated rings. The van der Waals surface area contributed by atoms with Gasteiger partial charge in [0.05, 0.1) is 17.3 Å². The molecular formula is C21H21ClN4O3. The van der Waals surface area contributed by atoms with Crippen LogP contribution < -0.4 is 15.5 Å². The minimum atomic E-state index is -0.765.